The molecule has 4 rings (SSSR count). The maximum atomic E-state index is 12.2. The van der Waals surface area contributed by atoms with Gasteiger partial charge in [-0.15, -0.1) is 0 Å². The molecule has 2 N–H and O–H groups in total. The van der Waals surface area contributed by atoms with Crippen molar-refractivity contribution in [2.24, 2.45) is 5.41 Å². The van der Waals surface area contributed by atoms with E-state index in [1.807, 2.05) is 6.92 Å². The van der Waals surface area contributed by atoms with Gasteiger partial charge in [0.2, 0.25) is 11.9 Å². The summed E-state index contributed by atoms with van der Waals surface area (Å²) in [5.74, 6) is 1.48. The molecule has 146 valence electrons. The van der Waals surface area contributed by atoms with E-state index in [9.17, 15) is 14.9 Å². The summed E-state index contributed by atoms with van der Waals surface area (Å²) in [6.45, 7) is 4.30. The van der Waals surface area contributed by atoms with Crippen LogP contribution in [-0.4, -0.2) is 40.4 Å². The number of hydrogen-bond acceptors (Lipinski definition) is 7. The van der Waals surface area contributed by atoms with Gasteiger partial charge in [-0.25, -0.2) is 4.98 Å². The number of aromatic nitrogens is 2. The van der Waals surface area contributed by atoms with E-state index in [1.165, 1.54) is 12.1 Å². The standard InChI is InChI=1S/C19H22N6O3/c1-13-12-21-18(22-14-2-4-15(5-3-14)25(27)28)23-16(13)24-10-7-19(8-11-24)6-9-20-17(19)26/h2-5,12H,6-11H2,1H3,(H,20,26)(H,21,22,23). The Kier molecular flexibility index (Phi) is 4.58. The van der Waals surface area contributed by atoms with Crippen LogP contribution in [0.15, 0.2) is 30.5 Å². The first-order chi connectivity index (χ1) is 13.5. The number of nitro benzene ring substituents is 1. The number of amides is 1. The van der Waals surface area contributed by atoms with Crippen LogP contribution in [-0.2, 0) is 4.79 Å². The van der Waals surface area contributed by atoms with Gasteiger partial charge in [0.1, 0.15) is 5.82 Å². The summed E-state index contributed by atoms with van der Waals surface area (Å²) in [6.07, 6.45) is 4.33. The van der Waals surface area contributed by atoms with Gasteiger partial charge < -0.3 is 15.5 Å². The Labute approximate surface area is 162 Å². The molecule has 9 heteroatoms. The molecule has 1 aromatic carbocycles. The average Bonchev–Trinajstić information content (AvgIpc) is 3.04. The first-order valence-corrected chi connectivity index (χ1v) is 9.35. The second-order valence-corrected chi connectivity index (χ2v) is 7.40. The van der Waals surface area contributed by atoms with Crippen molar-refractivity contribution in [3.63, 3.8) is 0 Å². The fraction of sp³-hybridized carbons (Fsp3) is 0.421. The molecule has 2 aliphatic rings. The van der Waals surface area contributed by atoms with Crippen molar-refractivity contribution in [3.8, 4) is 0 Å². The summed E-state index contributed by atoms with van der Waals surface area (Å²) >= 11 is 0. The first-order valence-electron chi connectivity index (χ1n) is 9.35. The minimum atomic E-state index is -0.433. The van der Waals surface area contributed by atoms with Crippen molar-refractivity contribution in [2.75, 3.05) is 29.9 Å². The zero-order valence-electron chi connectivity index (χ0n) is 15.6. The summed E-state index contributed by atoms with van der Waals surface area (Å²) in [7, 11) is 0. The average molecular weight is 382 g/mol. The maximum Gasteiger partial charge on any atom is 0.269 e. The molecule has 0 bridgehead atoms. The molecule has 2 fully saturated rings. The minimum absolute atomic E-state index is 0.0364. The number of carbonyl (C=O) groups is 1. The van der Waals surface area contributed by atoms with Crippen molar-refractivity contribution < 1.29 is 9.72 Å². The largest absolute Gasteiger partial charge is 0.356 e. The van der Waals surface area contributed by atoms with E-state index in [1.54, 1.807) is 18.3 Å². The SMILES string of the molecule is Cc1cnc(Nc2ccc([N+](=O)[O-])cc2)nc1N1CCC2(CCNC2=O)CC1. The maximum absolute atomic E-state index is 12.2. The van der Waals surface area contributed by atoms with E-state index in [0.717, 1.165) is 50.3 Å². The van der Waals surface area contributed by atoms with Crippen LogP contribution >= 0.6 is 0 Å². The van der Waals surface area contributed by atoms with Crippen LogP contribution in [0.5, 0.6) is 0 Å². The van der Waals surface area contributed by atoms with Gasteiger partial charge in [-0.1, -0.05) is 0 Å². The molecule has 1 aromatic heterocycles. The predicted octanol–water partition coefficient (Wildman–Crippen LogP) is 2.54. The molecule has 9 nitrogen and oxygen atoms in total. The third-order valence-corrected chi connectivity index (χ3v) is 5.67. The zero-order valence-corrected chi connectivity index (χ0v) is 15.6. The fourth-order valence-electron chi connectivity index (χ4n) is 3.95. The first kappa shape index (κ1) is 18.1. The molecular weight excluding hydrogens is 360 g/mol. The Morgan fingerprint density at radius 3 is 2.54 bits per heavy atom. The molecule has 28 heavy (non-hydrogen) atoms. The lowest BCUT2D eigenvalue weighted by molar-refractivity contribution is -0.384. The Morgan fingerprint density at radius 2 is 1.93 bits per heavy atom. The molecule has 0 atom stereocenters. The highest BCUT2D eigenvalue weighted by Crippen LogP contribution is 2.39. The van der Waals surface area contributed by atoms with Gasteiger partial charge in [0.25, 0.3) is 5.69 Å². The molecule has 0 saturated carbocycles. The molecule has 2 aliphatic heterocycles. The highest BCUT2D eigenvalue weighted by atomic mass is 16.6. The van der Waals surface area contributed by atoms with E-state index >= 15 is 0 Å². The quantitative estimate of drug-likeness (QED) is 0.617. The van der Waals surface area contributed by atoms with Crippen LogP contribution in [0, 0.1) is 22.5 Å². The summed E-state index contributed by atoms with van der Waals surface area (Å²) in [4.78, 5) is 33.7. The number of hydrogen-bond donors (Lipinski definition) is 2. The second-order valence-electron chi connectivity index (χ2n) is 7.40. The van der Waals surface area contributed by atoms with Gasteiger partial charge in [-0.3, -0.25) is 14.9 Å². The number of aryl methyl sites for hydroxylation is 1. The van der Waals surface area contributed by atoms with Crippen LogP contribution in [0.1, 0.15) is 24.8 Å². The van der Waals surface area contributed by atoms with Crippen molar-refractivity contribution in [2.45, 2.75) is 26.2 Å². The highest BCUT2D eigenvalue weighted by Gasteiger charge is 2.44. The molecule has 1 amide bonds. The van der Waals surface area contributed by atoms with Crippen LogP contribution in [0.3, 0.4) is 0 Å². The number of non-ortho nitro benzene ring substituents is 1. The smallest absolute Gasteiger partial charge is 0.269 e. The zero-order chi connectivity index (χ0) is 19.7. The summed E-state index contributed by atoms with van der Waals surface area (Å²) in [5.41, 5.74) is 1.48. The Bertz CT molecular complexity index is 906. The van der Waals surface area contributed by atoms with E-state index in [-0.39, 0.29) is 17.0 Å². The lowest BCUT2D eigenvalue weighted by Crippen LogP contribution is -2.44. The van der Waals surface area contributed by atoms with Crippen LogP contribution < -0.4 is 15.5 Å². The molecule has 0 unspecified atom stereocenters. The lowest BCUT2D eigenvalue weighted by Gasteiger charge is -2.38. The number of benzene rings is 1. The van der Waals surface area contributed by atoms with E-state index in [2.05, 4.69) is 25.5 Å². The second kappa shape index (κ2) is 7.06. The fourth-order valence-corrected chi connectivity index (χ4v) is 3.95. The van der Waals surface area contributed by atoms with Gasteiger partial charge in [0.05, 0.1) is 10.3 Å². The third-order valence-electron chi connectivity index (χ3n) is 5.67. The Balaban J connectivity index is 1.48. The van der Waals surface area contributed by atoms with Crippen molar-refractivity contribution in [1.29, 1.82) is 0 Å². The topological polar surface area (TPSA) is 113 Å². The van der Waals surface area contributed by atoms with Crippen LogP contribution in [0.2, 0.25) is 0 Å². The molecule has 3 heterocycles. The third kappa shape index (κ3) is 3.35. The van der Waals surface area contributed by atoms with E-state index < -0.39 is 4.92 Å². The van der Waals surface area contributed by atoms with Crippen LogP contribution in [0.25, 0.3) is 0 Å². The Hall–Kier alpha value is -3.23. The van der Waals surface area contributed by atoms with Gasteiger partial charge >= 0.3 is 0 Å². The number of piperidine rings is 1. The molecular formula is C19H22N6O3. The van der Waals surface area contributed by atoms with Crippen molar-refractivity contribution in [3.05, 3.63) is 46.1 Å². The van der Waals surface area contributed by atoms with Crippen molar-refractivity contribution >= 4 is 29.0 Å². The monoisotopic (exact) mass is 382 g/mol. The molecule has 2 saturated heterocycles. The number of nitro groups is 1. The molecule has 1 spiro atoms. The number of anilines is 3. The van der Waals surface area contributed by atoms with Crippen LogP contribution in [0.4, 0.5) is 23.1 Å². The number of nitrogens with zero attached hydrogens (tertiary/aromatic N) is 4. The number of rotatable bonds is 4. The number of carbonyl (C=O) groups excluding carboxylic acids is 1. The van der Waals surface area contributed by atoms with Gasteiger partial charge in [-0.05, 0) is 38.3 Å². The molecule has 0 radical (unpaired) electrons. The van der Waals surface area contributed by atoms with Gasteiger partial charge in [0.15, 0.2) is 0 Å². The minimum Gasteiger partial charge on any atom is -0.356 e. The lowest BCUT2D eigenvalue weighted by atomic mass is 9.77. The normalized spacial score (nSPS) is 18.2. The summed E-state index contributed by atoms with van der Waals surface area (Å²) in [5, 5.41) is 16.8. The summed E-state index contributed by atoms with van der Waals surface area (Å²) in [6, 6.07) is 6.14. The summed E-state index contributed by atoms with van der Waals surface area (Å²) < 4.78 is 0. The molecule has 0 aliphatic carbocycles. The van der Waals surface area contributed by atoms with Gasteiger partial charge in [-0.2, -0.15) is 4.98 Å². The number of nitrogens with one attached hydrogen (secondary N) is 2. The van der Waals surface area contributed by atoms with Crippen molar-refractivity contribution in [1.82, 2.24) is 15.3 Å². The highest BCUT2D eigenvalue weighted by molar-refractivity contribution is 5.85. The Morgan fingerprint density at radius 1 is 1.21 bits per heavy atom. The predicted molar refractivity (Wildman–Crippen MR) is 105 cm³/mol. The van der Waals surface area contributed by atoms with E-state index in [4.69, 9.17) is 0 Å². The van der Waals surface area contributed by atoms with Gasteiger partial charge in [0, 0.05) is 49.2 Å². The molecule has 2 aromatic rings. The van der Waals surface area contributed by atoms with E-state index in [0.29, 0.717) is 11.6 Å².